The zero-order valence-electron chi connectivity index (χ0n) is 16.1. The number of hydrogen-bond acceptors (Lipinski definition) is 4. The van der Waals surface area contributed by atoms with Gasteiger partial charge >= 0.3 is 0 Å². The summed E-state index contributed by atoms with van der Waals surface area (Å²) in [6.45, 7) is 5.60. The summed E-state index contributed by atoms with van der Waals surface area (Å²) in [5, 5.41) is 2.96. The minimum Gasteiger partial charge on any atom is -0.486 e. The van der Waals surface area contributed by atoms with Gasteiger partial charge in [-0.2, -0.15) is 0 Å². The highest BCUT2D eigenvalue weighted by Crippen LogP contribution is 2.36. The van der Waals surface area contributed by atoms with Crippen LogP contribution in [0.15, 0.2) is 42.5 Å². The lowest BCUT2D eigenvalue weighted by Crippen LogP contribution is -2.28. The van der Waals surface area contributed by atoms with Crippen LogP contribution in [0.4, 0.5) is 11.4 Å². The largest absolute Gasteiger partial charge is 0.486 e. The summed E-state index contributed by atoms with van der Waals surface area (Å²) in [6, 6.07) is 13.3. The number of benzene rings is 2. The number of fused-ring (bicyclic) bond motifs is 1. The Morgan fingerprint density at radius 1 is 1.11 bits per heavy atom. The summed E-state index contributed by atoms with van der Waals surface area (Å²) in [7, 11) is 0. The van der Waals surface area contributed by atoms with Gasteiger partial charge in [-0.25, -0.2) is 0 Å². The minimum absolute atomic E-state index is 0.0623. The second kappa shape index (κ2) is 7.54. The SMILES string of the molecule is CC(C)c1cccc(NC(=O)[C@@H]2CC(=O)N(c3ccc4c(c3)OCCO4)C2)c1. The van der Waals surface area contributed by atoms with Gasteiger partial charge in [-0.1, -0.05) is 26.0 Å². The Morgan fingerprint density at radius 2 is 1.89 bits per heavy atom. The molecule has 1 saturated heterocycles. The topological polar surface area (TPSA) is 67.9 Å². The van der Waals surface area contributed by atoms with E-state index in [9.17, 15) is 9.59 Å². The van der Waals surface area contributed by atoms with Crippen LogP contribution >= 0.6 is 0 Å². The third-order valence-electron chi connectivity index (χ3n) is 5.15. The number of rotatable bonds is 4. The molecule has 1 fully saturated rings. The van der Waals surface area contributed by atoms with Crippen molar-refractivity contribution < 1.29 is 19.1 Å². The van der Waals surface area contributed by atoms with Crippen LogP contribution in [0.5, 0.6) is 11.5 Å². The predicted molar refractivity (Wildman–Crippen MR) is 107 cm³/mol. The maximum Gasteiger partial charge on any atom is 0.229 e. The predicted octanol–water partition coefficient (Wildman–Crippen LogP) is 3.57. The molecule has 0 spiro atoms. The van der Waals surface area contributed by atoms with Crippen LogP contribution < -0.4 is 19.7 Å². The number of carbonyl (C=O) groups is 2. The lowest BCUT2D eigenvalue weighted by molar-refractivity contribution is -0.122. The number of amides is 2. The monoisotopic (exact) mass is 380 g/mol. The molecule has 2 aliphatic rings. The highest BCUT2D eigenvalue weighted by Gasteiger charge is 2.35. The van der Waals surface area contributed by atoms with E-state index in [-0.39, 0.29) is 24.2 Å². The molecule has 2 aromatic rings. The molecule has 0 bridgehead atoms. The molecule has 146 valence electrons. The van der Waals surface area contributed by atoms with E-state index >= 15 is 0 Å². The average Bonchev–Trinajstić information content (AvgIpc) is 3.09. The molecular weight excluding hydrogens is 356 g/mol. The van der Waals surface area contributed by atoms with Crippen molar-refractivity contribution in [3.05, 3.63) is 48.0 Å². The smallest absolute Gasteiger partial charge is 0.229 e. The lowest BCUT2D eigenvalue weighted by atomic mass is 10.0. The summed E-state index contributed by atoms with van der Waals surface area (Å²) in [5.74, 6) is 1.12. The van der Waals surface area contributed by atoms with E-state index in [4.69, 9.17) is 9.47 Å². The summed E-state index contributed by atoms with van der Waals surface area (Å²) < 4.78 is 11.1. The van der Waals surface area contributed by atoms with E-state index < -0.39 is 0 Å². The van der Waals surface area contributed by atoms with Crippen molar-refractivity contribution in [1.29, 1.82) is 0 Å². The third kappa shape index (κ3) is 3.67. The summed E-state index contributed by atoms with van der Waals surface area (Å²) in [5.41, 5.74) is 2.66. The van der Waals surface area contributed by atoms with Crippen LogP contribution in [0.3, 0.4) is 0 Å². The molecule has 2 aromatic carbocycles. The highest BCUT2D eigenvalue weighted by atomic mass is 16.6. The van der Waals surface area contributed by atoms with Crippen molar-refractivity contribution in [3.63, 3.8) is 0 Å². The Kier molecular flexibility index (Phi) is 4.94. The zero-order chi connectivity index (χ0) is 19.7. The summed E-state index contributed by atoms with van der Waals surface area (Å²) >= 11 is 0. The van der Waals surface area contributed by atoms with Gasteiger partial charge in [0, 0.05) is 30.4 Å². The molecule has 2 amide bonds. The van der Waals surface area contributed by atoms with Gasteiger partial charge in [0.15, 0.2) is 11.5 Å². The fourth-order valence-corrected chi connectivity index (χ4v) is 3.55. The van der Waals surface area contributed by atoms with Crippen LogP contribution in [0, 0.1) is 5.92 Å². The van der Waals surface area contributed by atoms with E-state index in [0.29, 0.717) is 37.2 Å². The van der Waals surface area contributed by atoms with Crippen molar-refractivity contribution in [1.82, 2.24) is 0 Å². The van der Waals surface area contributed by atoms with E-state index in [2.05, 4.69) is 19.2 Å². The fourth-order valence-electron chi connectivity index (χ4n) is 3.55. The number of hydrogen-bond donors (Lipinski definition) is 1. The first-order chi connectivity index (χ1) is 13.5. The molecule has 0 aromatic heterocycles. The van der Waals surface area contributed by atoms with Crippen LogP contribution in [0.1, 0.15) is 31.7 Å². The number of nitrogens with one attached hydrogen (secondary N) is 1. The molecule has 6 nitrogen and oxygen atoms in total. The molecule has 1 N–H and O–H groups in total. The second-order valence-electron chi connectivity index (χ2n) is 7.50. The average molecular weight is 380 g/mol. The standard InChI is InChI=1S/C22H24N2O4/c1-14(2)15-4-3-5-17(10-15)23-22(26)16-11-21(25)24(13-16)18-6-7-19-20(12-18)28-9-8-27-19/h3-7,10,12,14,16H,8-9,11,13H2,1-2H3,(H,23,26)/t16-/m1/s1. The minimum atomic E-state index is -0.386. The van der Waals surface area contributed by atoms with Gasteiger partial charge in [-0.3, -0.25) is 9.59 Å². The van der Waals surface area contributed by atoms with E-state index in [1.54, 1.807) is 11.0 Å². The van der Waals surface area contributed by atoms with Gasteiger partial charge < -0.3 is 19.7 Å². The van der Waals surface area contributed by atoms with Crippen LogP contribution in [-0.4, -0.2) is 31.6 Å². The first kappa shape index (κ1) is 18.3. The quantitative estimate of drug-likeness (QED) is 0.880. The van der Waals surface area contributed by atoms with Crippen molar-refractivity contribution in [3.8, 4) is 11.5 Å². The van der Waals surface area contributed by atoms with E-state index in [1.807, 2.05) is 36.4 Å². The number of nitrogens with zero attached hydrogens (tertiary/aromatic N) is 1. The van der Waals surface area contributed by atoms with Crippen LogP contribution in [0.2, 0.25) is 0 Å². The molecule has 0 saturated carbocycles. The first-order valence-electron chi connectivity index (χ1n) is 9.62. The third-order valence-corrected chi connectivity index (χ3v) is 5.15. The van der Waals surface area contributed by atoms with E-state index in [0.717, 1.165) is 11.4 Å². The Bertz CT molecular complexity index is 909. The molecule has 2 aliphatic heterocycles. The molecule has 6 heteroatoms. The molecule has 0 aliphatic carbocycles. The van der Waals surface area contributed by atoms with Gasteiger partial charge in [0.1, 0.15) is 13.2 Å². The molecule has 0 unspecified atom stereocenters. The zero-order valence-corrected chi connectivity index (χ0v) is 16.1. The second-order valence-corrected chi connectivity index (χ2v) is 7.50. The number of anilines is 2. The fraction of sp³-hybridized carbons (Fsp3) is 0.364. The van der Waals surface area contributed by atoms with E-state index in [1.165, 1.54) is 5.56 Å². The molecule has 28 heavy (non-hydrogen) atoms. The Labute approximate surface area is 164 Å². The van der Waals surface area contributed by atoms with Gasteiger partial charge in [-0.15, -0.1) is 0 Å². The van der Waals surface area contributed by atoms with Crippen LogP contribution in [0.25, 0.3) is 0 Å². The van der Waals surface area contributed by atoms with Crippen molar-refractivity contribution in [2.24, 2.45) is 5.92 Å². The van der Waals surface area contributed by atoms with Gasteiger partial charge in [0.2, 0.25) is 11.8 Å². The molecule has 0 radical (unpaired) electrons. The summed E-state index contributed by atoms with van der Waals surface area (Å²) in [4.78, 5) is 26.9. The highest BCUT2D eigenvalue weighted by molar-refractivity contribution is 6.03. The Morgan fingerprint density at radius 3 is 2.68 bits per heavy atom. The first-order valence-corrected chi connectivity index (χ1v) is 9.62. The van der Waals surface area contributed by atoms with Crippen molar-refractivity contribution in [2.75, 3.05) is 30.0 Å². The molecule has 1 atom stereocenters. The van der Waals surface area contributed by atoms with Crippen LogP contribution in [-0.2, 0) is 9.59 Å². The number of ether oxygens (including phenoxy) is 2. The molecule has 2 heterocycles. The Balaban J connectivity index is 1.46. The maximum absolute atomic E-state index is 12.7. The molecule has 4 rings (SSSR count). The summed E-state index contributed by atoms with van der Waals surface area (Å²) in [6.07, 6.45) is 0.199. The number of carbonyl (C=O) groups excluding carboxylic acids is 2. The van der Waals surface area contributed by atoms with Crippen molar-refractivity contribution >= 4 is 23.2 Å². The maximum atomic E-state index is 12.7. The van der Waals surface area contributed by atoms with Crippen molar-refractivity contribution in [2.45, 2.75) is 26.2 Å². The Hall–Kier alpha value is -3.02. The normalized spacial score (nSPS) is 18.5. The van der Waals surface area contributed by atoms with Gasteiger partial charge in [0.25, 0.3) is 0 Å². The molecular formula is C22H24N2O4. The lowest BCUT2D eigenvalue weighted by Gasteiger charge is -2.22. The van der Waals surface area contributed by atoms with Gasteiger partial charge in [0.05, 0.1) is 5.92 Å². The van der Waals surface area contributed by atoms with Gasteiger partial charge in [-0.05, 0) is 35.7 Å².